The van der Waals surface area contributed by atoms with Gasteiger partial charge in [-0.05, 0) is 64.9 Å². The number of rotatable bonds is 6. The number of nitrogens with one attached hydrogen (secondary N) is 2. The molecule has 1 unspecified atom stereocenters. The second kappa shape index (κ2) is 9.16. The van der Waals surface area contributed by atoms with Gasteiger partial charge in [-0.25, -0.2) is 4.79 Å². The van der Waals surface area contributed by atoms with Crippen molar-refractivity contribution in [3.63, 3.8) is 0 Å². The first-order valence-electron chi connectivity index (χ1n) is 10.8. The largest absolute Gasteiger partial charge is 0.444 e. The molecule has 0 bridgehead atoms. The molecule has 1 aliphatic carbocycles. The molecule has 0 aromatic heterocycles. The molecule has 2 amide bonds. The lowest BCUT2D eigenvalue weighted by Crippen LogP contribution is -2.48. The quantitative estimate of drug-likeness (QED) is 0.765. The van der Waals surface area contributed by atoms with E-state index in [1.54, 1.807) is 0 Å². The van der Waals surface area contributed by atoms with E-state index in [9.17, 15) is 9.59 Å². The van der Waals surface area contributed by atoms with Crippen molar-refractivity contribution in [2.24, 2.45) is 5.92 Å². The van der Waals surface area contributed by atoms with Crippen molar-refractivity contribution in [3.05, 3.63) is 35.4 Å². The molecule has 6 heteroatoms. The third-order valence-electron chi connectivity index (χ3n) is 5.52. The average Bonchev–Trinajstić information content (AvgIpc) is 3.46. The van der Waals surface area contributed by atoms with Crippen LogP contribution in [-0.4, -0.2) is 48.2 Å². The summed E-state index contributed by atoms with van der Waals surface area (Å²) in [5, 5.41) is 6.20. The normalized spacial score (nSPS) is 19.4. The van der Waals surface area contributed by atoms with Crippen LogP contribution >= 0.6 is 0 Å². The standard InChI is InChI=1S/C23H35N3O3/c1-16-5-7-17(8-6-16)21(18-9-10-18)25-20(27)15-26-13-11-19(12-14-26)24-22(28)29-23(2,3)4/h5-8,18-19,21H,9-15H2,1-4H3,(H,24,28)(H,25,27). The highest BCUT2D eigenvalue weighted by Gasteiger charge is 2.34. The van der Waals surface area contributed by atoms with Crippen LogP contribution in [0.25, 0.3) is 0 Å². The van der Waals surface area contributed by atoms with Crippen molar-refractivity contribution in [1.29, 1.82) is 0 Å². The third-order valence-corrected chi connectivity index (χ3v) is 5.52. The van der Waals surface area contributed by atoms with E-state index in [1.165, 1.54) is 24.0 Å². The van der Waals surface area contributed by atoms with E-state index in [4.69, 9.17) is 4.74 Å². The van der Waals surface area contributed by atoms with Crippen LogP contribution < -0.4 is 10.6 Å². The molecule has 0 spiro atoms. The van der Waals surface area contributed by atoms with Crippen molar-refractivity contribution in [3.8, 4) is 0 Å². The Balaban J connectivity index is 1.43. The molecule has 1 saturated carbocycles. The van der Waals surface area contributed by atoms with E-state index in [-0.39, 0.29) is 24.1 Å². The molecule has 1 aliphatic heterocycles. The van der Waals surface area contributed by atoms with Gasteiger partial charge < -0.3 is 15.4 Å². The van der Waals surface area contributed by atoms with Gasteiger partial charge >= 0.3 is 6.09 Å². The number of hydrogen-bond donors (Lipinski definition) is 2. The molecule has 1 atom stereocenters. The molecule has 1 aromatic carbocycles. The fourth-order valence-corrected chi connectivity index (χ4v) is 3.81. The Morgan fingerprint density at radius 3 is 2.28 bits per heavy atom. The zero-order valence-corrected chi connectivity index (χ0v) is 18.2. The zero-order valence-electron chi connectivity index (χ0n) is 18.2. The number of carbonyl (C=O) groups excluding carboxylic acids is 2. The number of likely N-dealkylation sites (tertiary alicyclic amines) is 1. The Morgan fingerprint density at radius 2 is 1.72 bits per heavy atom. The predicted octanol–water partition coefficient (Wildman–Crippen LogP) is 3.55. The predicted molar refractivity (Wildman–Crippen MR) is 114 cm³/mol. The molecule has 29 heavy (non-hydrogen) atoms. The lowest BCUT2D eigenvalue weighted by molar-refractivity contribution is -0.123. The number of benzene rings is 1. The third kappa shape index (κ3) is 7.03. The Hall–Kier alpha value is -2.08. The SMILES string of the molecule is Cc1ccc(C(NC(=O)CN2CCC(NC(=O)OC(C)(C)C)CC2)C2CC2)cc1. The van der Waals surface area contributed by atoms with Crippen molar-refractivity contribution in [2.75, 3.05) is 19.6 Å². The van der Waals surface area contributed by atoms with Crippen molar-refractivity contribution < 1.29 is 14.3 Å². The molecule has 6 nitrogen and oxygen atoms in total. The maximum atomic E-state index is 12.7. The maximum absolute atomic E-state index is 12.7. The topological polar surface area (TPSA) is 70.7 Å². The number of nitrogens with zero attached hydrogens (tertiary/aromatic N) is 1. The molecule has 1 saturated heterocycles. The number of amides is 2. The fraction of sp³-hybridized carbons (Fsp3) is 0.652. The average molecular weight is 402 g/mol. The highest BCUT2D eigenvalue weighted by Crippen LogP contribution is 2.41. The highest BCUT2D eigenvalue weighted by atomic mass is 16.6. The van der Waals surface area contributed by atoms with Gasteiger partial charge in [0.1, 0.15) is 5.60 Å². The second-order valence-electron chi connectivity index (χ2n) is 9.49. The molecular formula is C23H35N3O3. The smallest absolute Gasteiger partial charge is 0.407 e. The van der Waals surface area contributed by atoms with E-state index in [2.05, 4.69) is 46.7 Å². The molecule has 2 fully saturated rings. The van der Waals surface area contributed by atoms with Crippen LogP contribution in [0.15, 0.2) is 24.3 Å². The first kappa shape index (κ1) is 21.6. The number of alkyl carbamates (subject to hydrolysis) is 1. The van der Waals surface area contributed by atoms with Crippen LogP contribution in [0.5, 0.6) is 0 Å². The summed E-state index contributed by atoms with van der Waals surface area (Å²) in [5.74, 6) is 0.645. The van der Waals surface area contributed by atoms with E-state index < -0.39 is 5.60 Å². The minimum atomic E-state index is -0.488. The number of ether oxygens (including phenoxy) is 1. The van der Waals surface area contributed by atoms with Crippen LogP contribution in [-0.2, 0) is 9.53 Å². The summed E-state index contributed by atoms with van der Waals surface area (Å²) in [6.07, 6.45) is 3.66. The van der Waals surface area contributed by atoms with Crippen LogP contribution in [0.1, 0.15) is 63.6 Å². The van der Waals surface area contributed by atoms with Gasteiger partial charge in [-0.3, -0.25) is 9.69 Å². The van der Waals surface area contributed by atoms with Gasteiger partial charge in [-0.15, -0.1) is 0 Å². The lowest BCUT2D eigenvalue weighted by Gasteiger charge is -2.32. The molecule has 0 radical (unpaired) electrons. The van der Waals surface area contributed by atoms with Gasteiger partial charge in [0.15, 0.2) is 0 Å². The van der Waals surface area contributed by atoms with Crippen molar-refractivity contribution >= 4 is 12.0 Å². The molecule has 160 valence electrons. The van der Waals surface area contributed by atoms with Crippen LogP contribution in [0.4, 0.5) is 4.79 Å². The van der Waals surface area contributed by atoms with Gasteiger partial charge in [-0.2, -0.15) is 0 Å². The Labute approximate surface area is 174 Å². The Kier molecular flexibility index (Phi) is 6.83. The Bertz CT molecular complexity index is 699. The first-order valence-corrected chi connectivity index (χ1v) is 10.8. The summed E-state index contributed by atoms with van der Waals surface area (Å²) >= 11 is 0. The summed E-state index contributed by atoms with van der Waals surface area (Å²) < 4.78 is 5.33. The Morgan fingerprint density at radius 1 is 1.10 bits per heavy atom. The van der Waals surface area contributed by atoms with Gasteiger partial charge in [0, 0.05) is 19.1 Å². The van der Waals surface area contributed by atoms with Crippen LogP contribution in [0.2, 0.25) is 0 Å². The number of hydrogen-bond acceptors (Lipinski definition) is 4. The number of aryl methyl sites for hydroxylation is 1. The molecule has 1 aromatic rings. The summed E-state index contributed by atoms with van der Waals surface area (Å²) in [5.41, 5.74) is 1.95. The van der Waals surface area contributed by atoms with Gasteiger partial charge in [0.05, 0.1) is 12.6 Å². The molecule has 3 rings (SSSR count). The molecule has 2 aliphatic rings. The summed E-state index contributed by atoms with van der Waals surface area (Å²) in [6, 6.07) is 8.71. The minimum absolute atomic E-state index is 0.0843. The van der Waals surface area contributed by atoms with E-state index in [1.807, 2.05) is 20.8 Å². The number of piperidine rings is 1. The molecular weight excluding hydrogens is 366 g/mol. The van der Waals surface area contributed by atoms with Crippen molar-refractivity contribution in [1.82, 2.24) is 15.5 Å². The van der Waals surface area contributed by atoms with Gasteiger partial charge in [-0.1, -0.05) is 29.8 Å². The van der Waals surface area contributed by atoms with E-state index in [0.29, 0.717) is 12.5 Å². The first-order chi connectivity index (χ1) is 13.7. The van der Waals surface area contributed by atoms with E-state index >= 15 is 0 Å². The zero-order chi connectivity index (χ0) is 21.0. The minimum Gasteiger partial charge on any atom is -0.444 e. The molecule has 2 N–H and O–H groups in total. The summed E-state index contributed by atoms with van der Waals surface area (Å²) in [6.45, 7) is 9.67. The van der Waals surface area contributed by atoms with Crippen molar-refractivity contribution in [2.45, 2.75) is 71.1 Å². The van der Waals surface area contributed by atoms with Crippen LogP contribution in [0.3, 0.4) is 0 Å². The second-order valence-corrected chi connectivity index (χ2v) is 9.49. The van der Waals surface area contributed by atoms with E-state index in [0.717, 1.165) is 25.9 Å². The summed E-state index contributed by atoms with van der Waals surface area (Å²) in [7, 11) is 0. The van der Waals surface area contributed by atoms with Crippen LogP contribution in [0, 0.1) is 12.8 Å². The highest BCUT2D eigenvalue weighted by molar-refractivity contribution is 5.78. The van der Waals surface area contributed by atoms with Gasteiger partial charge in [0.25, 0.3) is 0 Å². The fourth-order valence-electron chi connectivity index (χ4n) is 3.81. The molecule has 1 heterocycles. The maximum Gasteiger partial charge on any atom is 0.407 e. The number of carbonyl (C=O) groups is 2. The lowest BCUT2D eigenvalue weighted by atomic mass is 10.0. The van der Waals surface area contributed by atoms with Gasteiger partial charge in [0.2, 0.25) is 5.91 Å². The monoisotopic (exact) mass is 401 g/mol. The summed E-state index contributed by atoms with van der Waals surface area (Å²) in [4.78, 5) is 26.8.